The van der Waals surface area contributed by atoms with Crippen LogP contribution in [0.15, 0.2) is 4.52 Å². The molecule has 1 aromatic rings. The Hall–Kier alpha value is -1.85. The highest BCUT2D eigenvalue weighted by Crippen LogP contribution is 2.30. The molecule has 0 radical (unpaired) electrons. The third-order valence-electron chi connectivity index (χ3n) is 2.20. The molecule has 0 aliphatic heterocycles. The van der Waals surface area contributed by atoms with E-state index in [-0.39, 0.29) is 23.7 Å². The predicted octanol–water partition coefficient (Wildman–Crippen LogP) is 1.42. The summed E-state index contributed by atoms with van der Waals surface area (Å²) in [5.41, 5.74) is 5.01. The van der Waals surface area contributed by atoms with E-state index in [9.17, 15) is 9.59 Å². The number of nitrogens with one attached hydrogen (secondary N) is 1. The van der Waals surface area contributed by atoms with Gasteiger partial charge < -0.3 is 15.6 Å². The van der Waals surface area contributed by atoms with Gasteiger partial charge in [-0.1, -0.05) is 32.9 Å². The average molecular weight is 239 g/mol. The van der Waals surface area contributed by atoms with Gasteiger partial charge in [-0.3, -0.25) is 9.59 Å². The van der Waals surface area contributed by atoms with Gasteiger partial charge in [0.15, 0.2) is 11.6 Å². The van der Waals surface area contributed by atoms with Crippen molar-refractivity contribution in [2.24, 2.45) is 5.73 Å². The monoisotopic (exact) mass is 239 g/mol. The van der Waals surface area contributed by atoms with E-state index in [0.717, 1.165) is 0 Å². The van der Waals surface area contributed by atoms with Crippen LogP contribution in [0.4, 0.5) is 5.82 Å². The first kappa shape index (κ1) is 13.2. The molecule has 2 amide bonds. The van der Waals surface area contributed by atoms with Crippen LogP contribution >= 0.6 is 0 Å². The first-order chi connectivity index (χ1) is 7.77. The summed E-state index contributed by atoms with van der Waals surface area (Å²) < 4.78 is 5.10. The lowest BCUT2D eigenvalue weighted by atomic mass is 9.90. The molecule has 0 unspecified atom stereocenters. The van der Waals surface area contributed by atoms with Gasteiger partial charge in [0.2, 0.25) is 5.91 Å². The van der Waals surface area contributed by atoms with E-state index in [1.54, 1.807) is 6.92 Å². The van der Waals surface area contributed by atoms with Gasteiger partial charge >= 0.3 is 0 Å². The Kier molecular flexibility index (Phi) is 3.55. The highest BCUT2D eigenvalue weighted by Gasteiger charge is 2.30. The standard InChI is InChI=1S/C11H17N3O3/c1-5-6(15)13-10-7(9(12)16)8(17-14-10)11(2,3)4/h5H2,1-4H3,(H2,12,16)(H,13,14,15). The van der Waals surface area contributed by atoms with E-state index in [0.29, 0.717) is 5.76 Å². The van der Waals surface area contributed by atoms with Crippen LogP contribution in [0.25, 0.3) is 0 Å². The largest absolute Gasteiger partial charge is 0.365 e. The Morgan fingerprint density at radius 2 is 2.00 bits per heavy atom. The number of anilines is 1. The Morgan fingerprint density at radius 3 is 2.41 bits per heavy atom. The third-order valence-corrected chi connectivity index (χ3v) is 2.20. The average Bonchev–Trinajstić information content (AvgIpc) is 2.60. The van der Waals surface area contributed by atoms with Crippen molar-refractivity contribution in [1.29, 1.82) is 0 Å². The number of nitrogens with two attached hydrogens (primary N) is 1. The zero-order valence-corrected chi connectivity index (χ0v) is 10.5. The Balaban J connectivity index is 3.21. The van der Waals surface area contributed by atoms with E-state index >= 15 is 0 Å². The molecular weight excluding hydrogens is 222 g/mol. The molecule has 1 heterocycles. The fourth-order valence-electron chi connectivity index (χ4n) is 1.34. The molecule has 94 valence electrons. The predicted molar refractivity (Wildman–Crippen MR) is 62.6 cm³/mol. The van der Waals surface area contributed by atoms with E-state index in [1.165, 1.54) is 0 Å². The second-order valence-corrected chi connectivity index (χ2v) is 4.75. The molecule has 3 N–H and O–H groups in total. The molecule has 0 fully saturated rings. The number of nitrogens with zero attached hydrogens (tertiary/aromatic N) is 1. The van der Waals surface area contributed by atoms with Crippen molar-refractivity contribution in [2.45, 2.75) is 39.5 Å². The van der Waals surface area contributed by atoms with Crippen molar-refractivity contribution in [3.63, 3.8) is 0 Å². The van der Waals surface area contributed by atoms with E-state index in [2.05, 4.69) is 10.5 Å². The number of amides is 2. The van der Waals surface area contributed by atoms with Crippen molar-refractivity contribution in [2.75, 3.05) is 5.32 Å². The van der Waals surface area contributed by atoms with Crippen LogP contribution in [0.2, 0.25) is 0 Å². The van der Waals surface area contributed by atoms with E-state index in [1.807, 2.05) is 20.8 Å². The van der Waals surface area contributed by atoms with Crippen LogP contribution in [0.3, 0.4) is 0 Å². The van der Waals surface area contributed by atoms with Gasteiger partial charge in [0.05, 0.1) is 0 Å². The zero-order valence-electron chi connectivity index (χ0n) is 10.5. The summed E-state index contributed by atoms with van der Waals surface area (Å²) in [6.07, 6.45) is 0.288. The lowest BCUT2D eigenvalue weighted by molar-refractivity contribution is -0.115. The van der Waals surface area contributed by atoms with Crippen LogP contribution in [0.5, 0.6) is 0 Å². The maximum absolute atomic E-state index is 11.4. The smallest absolute Gasteiger partial charge is 0.256 e. The molecule has 0 aromatic carbocycles. The van der Waals surface area contributed by atoms with Gasteiger partial charge in [-0.05, 0) is 0 Å². The van der Waals surface area contributed by atoms with E-state index in [4.69, 9.17) is 10.3 Å². The fourth-order valence-corrected chi connectivity index (χ4v) is 1.34. The minimum atomic E-state index is -0.664. The number of primary amides is 1. The van der Waals surface area contributed by atoms with Crippen LogP contribution in [-0.2, 0) is 10.2 Å². The lowest BCUT2D eigenvalue weighted by Crippen LogP contribution is -2.21. The lowest BCUT2D eigenvalue weighted by Gasteiger charge is -2.14. The van der Waals surface area contributed by atoms with Crippen molar-refractivity contribution < 1.29 is 14.1 Å². The van der Waals surface area contributed by atoms with Crippen LogP contribution in [0.1, 0.15) is 50.2 Å². The molecule has 0 spiro atoms. The molecule has 1 aromatic heterocycles. The molecule has 0 bridgehead atoms. The van der Waals surface area contributed by atoms with Crippen LogP contribution in [0, 0.1) is 0 Å². The summed E-state index contributed by atoms with van der Waals surface area (Å²) in [6.45, 7) is 7.30. The Morgan fingerprint density at radius 1 is 1.41 bits per heavy atom. The molecule has 17 heavy (non-hydrogen) atoms. The molecule has 6 heteroatoms. The highest BCUT2D eigenvalue weighted by atomic mass is 16.5. The SMILES string of the molecule is CCC(=O)Nc1noc(C(C)(C)C)c1C(N)=O. The second-order valence-electron chi connectivity index (χ2n) is 4.75. The number of carbonyl (C=O) groups excluding carboxylic acids is 2. The molecule has 0 aliphatic carbocycles. The van der Waals surface area contributed by atoms with Gasteiger partial charge in [-0.25, -0.2) is 0 Å². The number of hydrogen-bond donors (Lipinski definition) is 2. The summed E-state index contributed by atoms with van der Waals surface area (Å²) >= 11 is 0. The second kappa shape index (κ2) is 4.57. The zero-order chi connectivity index (χ0) is 13.2. The maximum atomic E-state index is 11.4. The van der Waals surface area contributed by atoms with Crippen LogP contribution < -0.4 is 11.1 Å². The maximum Gasteiger partial charge on any atom is 0.256 e. The molecular formula is C11H17N3O3. The van der Waals surface area contributed by atoms with Gasteiger partial charge in [0.25, 0.3) is 5.91 Å². The van der Waals surface area contributed by atoms with Gasteiger partial charge in [-0.15, -0.1) is 0 Å². The molecule has 0 saturated heterocycles. The third kappa shape index (κ3) is 2.83. The van der Waals surface area contributed by atoms with Crippen LogP contribution in [-0.4, -0.2) is 17.0 Å². The van der Waals surface area contributed by atoms with Gasteiger partial charge in [0.1, 0.15) is 5.56 Å². The molecule has 6 nitrogen and oxygen atoms in total. The number of hydrogen-bond acceptors (Lipinski definition) is 4. The first-order valence-corrected chi connectivity index (χ1v) is 5.37. The Labute approximate surface area is 99.5 Å². The van der Waals surface area contributed by atoms with Crippen molar-refractivity contribution in [3.8, 4) is 0 Å². The number of rotatable bonds is 3. The Bertz CT molecular complexity index is 443. The number of aromatic nitrogens is 1. The number of carbonyl (C=O) groups is 2. The summed E-state index contributed by atoms with van der Waals surface area (Å²) in [5, 5.41) is 6.17. The molecule has 0 saturated carbocycles. The summed E-state index contributed by atoms with van der Waals surface area (Å²) in [6, 6.07) is 0. The molecule has 1 rings (SSSR count). The first-order valence-electron chi connectivity index (χ1n) is 5.37. The molecule has 0 aliphatic rings. The van der Waals surface area contributed by atoms with E-state index < -0.39 is 11.3 Å². The minimum Gasteiger partial charge on any atom is -0.365 e. The summed E-state index contributed by atoms with van der Waals surface area (Å²) in [4.78, 5) is 22.7. The van der Waals surface area contributed by atoms with Crippen molar-refractivity contribution in [3.05, 3.63) is 11.3 Å². The summed E-state index contributed by atoms with van der Waals surface area (Å²) in [5.74, 6) is -0.450. The minimum absolute atomic E-state index is 0.0919. The van der Waals surface area contributed by atoms with Crippen molar-refractivity contribution >= 4 is 17.6 Å². The topological polar surface area (TPSA) is 98.2 Å². The van der Waals surface area contributed by atoms with Gasteiger partial charge in [-0.2, -0.15) is 0 Å². The van der Waals surface area contributed by atoms with Gasteiger partial charge in [0, 0.05) is 11.8 Å². The summed E-state index contributed by atoms with van der Waals surface area (Å²) in [7, 11) is 0. The normalized spacial score (nSPS) is 11.3. The highest BCUT2D eigenvalue weighted by molar-refractivity contribution is 6.02. The quantitative estimate of drug-likeness (QED) is 0.833. The fraction of sp³-hybridized carbons (Fsp3) is 0.545. The van der Waals surface area contributed by atoms with Crippen molar-refractivity contribution in [1.82, 2.24) is 5.16 Å². The molecule has 0 atom stereocenters.